The minimum Gasteiger partial charge on any atom is -0.465 e. The molecule has 0 aromatic carbocycles. The molecule has 128 valence electrons. The molecule has 23 heavy (non-hydrogen) atoms. The highest BCUT2D eigenvalue weighted by Crippen LogP contribution is 2.52. The molecule has 3 aliphatic rings. The second kappa shape index (κ2) is 6.61. The second-order valence-corrected chi connectivity index (χ2v) is 6.53. The van der Waals surface area contributed by atoms with Crippen LogP contribution in [0.4, 0.5) is 0 Å². The summed E-state index contributed by atoms with van der Waals surface area (Å²) < 4.78 is 16.4. The van der Waals surface area contributed by atoms with Gasteiger partial charge in [0.1, 0.15) is 11.5 Å². The zero-order valence-electron chi connectivity index (χ0n) is 13.8. The largest absolute Gasteiger partial charge is 0.465 e. The Morgan fingerprint density at radius 2 is 2.26 bits per heavy atom. The van der Waals surface area contributed by atoms with Gasteiger partial charge in [-0.05, 0) is 12.8 Å². The number of unbranched alkanes of at least 4 members (excludes halogenated alkanes) is 1. The Morgan fingerprint density at radius 1 is 1.43 bits per heavy atom. The van der Waals surface area contributed by atoms with E-state index in [1.54, 1.807) is 12.0 Å². The fraction of sp³-hybridized carbons (Fsp3) is 0.765. The van der Waals surface area contributed by atoms with Crippen LogP contribution in [0, 0.1) is 11.8 Å². The van der Waals surface area contributed by atoms with Gasteiger partial charge in [0.15, 0.2) is 0 Å². The quantitative estimate of drug-likeness (QED) is 0.381. The summed E-state index contributed by atoms with van der Waals surface area (Å²) in [7, 11) is 1.65. The van der Waals surface area contributed by atoms with Crippen LogP contribution in [0.1, 0.15) is 26.2 Å². The van der Waals surface area contributed by atoms with Crippen molar-refractivity contribution in [2.75, 3.05) is 33.4 Å². The van der Waals surface area contributed by atoms with Crippen LogP contribution in [0.25, 0.3) is 0 Å². The molecule has 3 aliphatic heterocycles. The predicted octanol–water partition coefficient (Wildman–Crippen LogP) is 1.15. The van der Waals surface area contributed by atoms with Crippen molar-refractivity contribution in [3.05, 3.63) is 12.2 Å². The molecule has 0 aromatic heterocycles. The molecular weight excluding hydrogens is 298 g/mol. The van der Waals surface area contributed by atoms with Gasteiger partial charge < -0.3 is 19.1 Å². The SMILES string of the molecule is CCCCOC(=O)[C@@H]1[C@H]2C(=O)N(CCCOC)C[C@]23C=C[C@H]1O3. The Hall–Kier alpha value is -1.40. The van der Waals surface area contributed by atoms with Gasteiger partial charge in [0.2, 0.25) is 5.91 Å². The van der Waals surface area contributed by atoms with Crippen LogP contribution in [0.5, 0.6) is 0 Å². The molecule has 0 N–H and O–H groups in total. The van der Waals surface area contributed by atoms with E-state index in [0.29, 0.717) is 26.3 Å². The number of hydrogen-bond acceptors (Lipinski definition) is 5. The van der Waals surface area contributed by atoms with Gasteiger partial charge >= 0.3 is 5.97 Å². The molecule has 6 heteroatoms. The van der Waals surface area contributed by atoms with Gasteiger partial charge in [0.05, 0.1) is 25.2 Å². The number of carbonyl (C=O) groups is 2. The first-order valence-electron chi connectivity index (χ1n) is 8.44. The number of hydrogen-bond donors (Lipinski definition) is 0. The third-order valence-corrected chi connectivity index (χ3v) is 4.97. The molecule has 1 spiro atoms. The van der Waals surface area contributed by atoms with E-state index in [1.165, 1.54) is 0 Å². The fourth-order valence-electron chi connectivity index (χ4n) is 3.85. The Kier molecular flexibility index (Phi) is 4.73. The molecule has 3 heterocycles. The zero-order chi connectivity index (χ0) is 16.4. The van der Waals surface area contributed by atoms with Gasteiger partial charge in [-0.15, -0.1) is 0 Å². The Morgan fingerprint density at radius 3 is 3.00 bits per heavy atom. The predicted molar refractivity (Wildman–Crippen MR) is 82.7 cm³/mol. The van der Waals surface area contributed by atoms with Crippen LogP contribution >= 0.6 is 0 Å². The van der Waals surface area contributed by atoms with Crippen molar-refractivity contribution in [2.24, 2.45) is 11.8 Å². The van der Waals surface area contributed by atoms with Crippen molar-refractivity contribution in [1.29, 1.82) is 0 Å². The maximum Gasteiger partial charge on any atom is 0.312 e. The smallest absolute Gasteiger partial charge is 0.312 e. The molecule has 0 radical (unpaired) electrons. The van der Waals surface area contributed by atoms with Crippen LogP contribution in [0.3, 0.4) is 0 Å². The first kappa shape index (κ1) is 16.5. The molecule has 4 atom stereocenters. The minimum atomic E-state index is -0.636. The van der Waals surface area contributed by atoms with Crippen molar-refractivity contribution in [1.82, 2.24) is 4.90 Å². The molecule has 2 bridgehead atoms. The number of methoxy groups -OCH3 is 1. The van der Waals surface area contributed by atoms with Crippen molar-refractivity contribution in [2.45, 2.75) is 37.9 Å². The number of fused-ring (bicyclic) bond motifs is 1. The monoisotopic (exact) mass is 323 g/mol. The number of rotatable bonds is 8. The standard InChI is InChI=1S/C17H25NO5/c1-3-4-10-22-16(20)13-12-6-7-17(23-12)11-18(8-5-9-21-2)15(19)14(13)17/h6-7,12-14H,3-5,8-11H2,1-2H3/t12-,13+,14+,17-/m1/s1. The summed E-state index contributed by atoms with van der Waals surface area (Å²) in [4.78, 5) is 27.0. The normalized spacial score (nSPS) is 34.3. The van der Waals surface area contributed by atoms with Crippen molar-refractivity contribution in [3.8, 4) is 0 Å². The highest BCUT2D eigenvalue weighted by Gasteiger charge is 2.67. The molecule has 1 amide bonds. The molecule has 3 rings (SSSR count). The average Bonchev–Trinajstić information content (AvgIpc) is 3.16. The van der Waals surface area contributed by atoms with E-state index in [-0.39, 0.29) is 18.0 Å². The molecule has 2 saturated heterocycles. The lowest BCUT2D eigenvalue weighted by molar-refractivity contribution is -0.153. The summed E-state index contributed by atoms with van der Waals surface area (Å²) >= 11 is 0. The van der Waals surface area contributed by atoms with Crippen LogP contribution in [-0.4, -0.2) is 61.9 Å². The lowest BCUT2D eigenvalue weighted by atomic mass is 9.77. The van der Waals surface area contributed by atoms with E-state index < -0.39 is 17.4 Å². The zero-order valence-corrected chi connectivity index (χ0v) is 13.8. The van der Waals surface area contributed by atoms with Gasteiger partial charge in [0.25, 0.3) is 0 Å². The van der Waals surface area contributed by atoms with Gasteiger partial charge in [-0.3, -0.25) is 9.59 Å². The summed E-state index contributed by atoms with van der Waals surface area (Å²) in [5.74, 6) is -1.23. The molecule has 0 aliphatic carbocycles. The summed E-state index contributed by atoms with van der Waals surface area (Å²) in [5, 5.41) is 0. The van der Waals surface area contributed by atoms with E-state index >= 15 is 0 Å². The van der Waals surface area contributed by atoms with Gasteiger partial charge in [-0.1, -0.05) is 25.5 Å². The average molecular weight is 323 g/mol. The highest BCUT2D eigenvalue weighted by atomic mass is 16.6. The topological polar surface area (TPSA) is 65.1 Å². The number of esters is 1. The van der Waals surface area contributed by atoms with Crippen LogP contribution in [-0.2, 0) is 23.8 Å². The Labute approximate surface area is 136 Å². The molecular formula is C17H25NO5. The van der Waals surface area contributed by atoms with Crippen LogP contribution < -0.4 is 0 Å². The van der Waals surface area contributed by atoms with E-state index in [1.807, 2.05) is 19.1 Å². The minimum absolute atomic E-state index is 0.00499. The first-order chi connectivity index (χ1) is 11.1. The third-order valence-electron chi connectivity index (χ3n) is 4.97. The number of likely N-dealkylation sites (tertiary alicyclic amines) is 1. The maximum absolute atomic E-state index is 12.8. The van der Waals surface area contributed by atoms with E-state index in [9.17, 15) is 9.59 Å². The van der Waals surface area contributed by atoms with Crippen LogP contribution in [0.15, 0.2) is 12.2 Å². The van der Waals surface area contributed by atoms with Crippen molar-refractivity contribution < 1.29 is 23.8 Å². The molecule has 0 unspecified atom stereocenters. The Balaban J connectivity index is 1.69. The number of carbonyl (C=O) groups excluding carboxylic acids is 2. The second-order valence-electron chi connectivity index (χ2n) is 6.53. The summed E-state index contributed by atoms with van der Waals surface area (Å²) in [6.45, 7) is 4.22. The van der Waals surface area contributed by atoms with Crippen LogP contribution in [0.2, 0.25) is 0 Å². The summed E-state index contributed by atoms with van der Waals surface area (Å²) in [6, 6.07) is 0. The van der Waals surface area contributed by atoms with Gasteiger partial charge in [-0.2, -0.15) is 0 Å². The van der Waals surface area contributed by atoms with E-state index in [0.717, 1.165) is 19.3 Å². The molecule has 2 fully saturated rings. The summed E-state index contributed by atoms with van der Waals surface area (Å²) in [6.07, 6.45) is 6.15. The van der Waals surface area contributed by atoms with E-state index in [2.05, 4.69) is 0 Å². The lowest BCUT2D eigenvalue weighted by Crippen LogP contribution is -2.40. The van der Waals surface area contributed by atoms with E-state index in [4.69, 9.17) is 14.2 Å². The molecule has 0 aromatic rings. The van der Waals surface area contributed by atoms with Crippen molar-refractivity contribution >= 4 is 11.9 Å². The molecule has 6 nitrogen and oxygen atoms in total. The molecule has 0 saturated carbocycles. The number of amides is 1. The highest BCUT2D eigenvalue weighted by molar-refractivity contribution is 5.91. The first-order valence-corrected chi connectivity index (χ1v) is 8.44. The maximum atomic E-state index is 12.8. The fourth-order valence-corrected chi connectivity index (χ4v) is 3.85. The third kappa shape index (κ3) is 2.78. The Bertz CT molecular complexity index is 505. The van der Waals surface area contributed by atoms with Gasteiger partial charge in [0, 0.05) is 20.3 Å². The van der Waals surface area contributed by atoms with Gasteiger partial charge in [-0.25, -0.2) is 0 Å². The van der Waals surface area contributed by atoms with Crippen molar-refractivity contribution in [3.63, 3.8) is 0 Å². The number of ether oxygens (including phenoxy) is 3. The number of nitrogens with zero attached hydrogens (tertiary/aromatic N) is 1. The summed E-state index contributed by atoms with van der Waals surface area (Å²) in [5.41, 5.74) is -0.636. The lowest BCUT2D eigenvalue weighted by Gasteiger charge is -2.22.